The normalized spacial score (nSPS) is 24.9. The van der Waals surface area contributed by atoms with E-state index in [0.717, 1.165) is 13.1 Å². The van der Waals surface area contributed by atoms with E-state index in [4.69, 9.17) is 0 Å². The molecule has 1 unspecified atom stereocenters. The van der Waals surface area contributed by atoms with Crippen LogP contribution in [0.4, 0.5) is 5.69 Å². The maximum Gasteiger partial charge on any atom is 0.0399 e. The summed E-state index contributed by atoms with van der Waals surface area (Å²) in [6.45, 7) is 5.81. The molecule has 0 radical (unpaired) electrons. The molecule has 0 bridgehead atoms. The lowest BCUT2D eigenvalue weighted by atomic mass is 10.0. The zero-order chi connectivity index (χ0) is 12.4. The van der Waals surface area contributed by atoms with Gasteiger partial charge in [-0.25, -0.2) is 0 Å². The molecule has 3 nitrogen and oxygen atoms in total. The quantitative estimate of drug-likeness (QED) is 0.848. The van der Waals surface area contributed by atoms with E-state index in [1.165, 1.54) is 43.7 Å². The second kappa shape index (κ2) is 5.29. The van der Waals surface area contributed by atoms with Crippen molar-refractivity contribution in [3.63, 3.8) is 0 Å². The second-order valence-corrected chi connectivity index (χ2v) is 5.59. The molecule has 1 N–H and O–H groups in total. The van der Waals surface area contributed by atoms with E-state index in [9.17, 15) is 0 Å². The van der Waals surface area contributed by atoms with Gasteiger partial charge in [0.1, 0.15) is 0 Å². The largest absolute Gasteiger partial charge is 0.370 e. The van der Waals surface area contributed by atoms with Crippen molar-refractivity contribution in [1.29, 1.82) is 0 Å². The molecular formula is C15H23N3. The zero-order valence-electron chi connectivity index (χ0n) is 11.2. The van der Waals surface area contributed by atoms with Gasteiger partial charge in [-0.05, 0) is 31.5 Å². The smallest absolute Gasteiger partial charge is 0.0399 e. The number of aryl methyl sites for hydroxylation is 1. The minimum atomic E-state index is 0.606. The van der Waals surface area contributed by atoms with Crippen molar-refractivity contribution in [2.24, 2.45) is 0 Å². The average Bonchev–Trinajstić information content (AvgIpc) is 2.39. The molecule has 18 heavy (non-hydrogen) atoms. The van der Waals surface area contributed by atoms with Crippen molar-refractivity contribution in [1.82, 2.24) is 10.2 Å². The molecule has 2 heterocycles. The van der Waals surface area contributed by atoms with Gasteiger partial charge >= 0.3 is 0 Å². The highest BCUT2D eigenvalue weighted by Crippen LogP contribution is 2.26. The Labute approximate surface area is 110 Å². The van der Waals surface area contributed by atoms with Crippen molar-refractivity contribution in [3.8, 4) is 0 Å². The minimum Gasteiger partial charge on any atom is -0.370 e. The Morgan fingerprint density at radius 2 is 2.17 bits per heavy atom. The molecule has 0 amide bonds. The monoisotopic (exact) mass is 245 g/mol. The first-order valence-electron chi connectivity index (χ1n) is 7.08. The highest BCUT2D eigenvalue weighted by Gasteiger charge is 2.22. The standard InChI is InChI=1S/C15H23N3/c1-17-10-8-16-14(11-17)12-18-9-4-6-13-5-2-3-7-15(13)18/h2-3,5,7,14,16H,4,6,8-12H2,1H3. The maximum absolute atomic E-state index is 3.64. The summed E-state index contributed by atoms with van der Waals surface area (Å²) < 4.78 is 0. The molecule has 2 aliphatic rings. The predicted octanol–water partition coefficient (Wildman–Crippen LogP) is 1.34. The Bertz CT molecular complexity index is 404. The molecule has 1 fully saturated rings. The first-order valence-corrected chi connectivity index (χ1v) is 7.08. The molecular weight excluding hydrogens is 222 g/mol. The topological polar surface area (TPSA) is 18.5 Å². The summed E-state index contributed by atoms with van der Waals surface area (Å²) in [4.78, 5) is 4.99. The molecule has 2 aliphatic heterocycles. The zero-order valence-corrected chi connectivity index (χ0v) is 11.2. The van der Waals surface area contributed by atoms with Gasteiger partial charge in [-0.2, -0.15) is 0 Å². The number of nitrogens with zero attached hydrogens (tertiary/aromatic N) is 2. The summed E-state index contributed by atoms with van der Waals surface area (Å²) in [5.74, 6) is 0. The highest BCUT2D eigenvalue weighted by atomic mass is 15.2. The van der Waals surface area contributed by atoms with Crippen LogP contribution in [0.15, 0.2) is 24.3 Å². The minimum absolute atomic E-state index is 0.606. The third-order valence-electron chi connectivity index (χ3n) is 4.11. The maximum atomic E-state index is 3.64. The van der Waals surface area contributed by atoms with Gasteiger partial charge < -0.3 is 15.1 Å². The molecule has 0 aromatic heterocycles. The first-order chi connectivity index (χ1) is 8.83. The number of rotatable bonds is 2. The first kappa shape index (κ1) is 12.0. The number of likely N-dealkylation sites (N-methyl/N-ethyl adjacent to an activating group) is 1. The van der Waals surface area contributed by atoms with Crippen LogP contribution in [0.25, 0.3) is 0 Å². The van der Waals surface area contributed by atoms with Gasteiger partial charge in [0.25, 0.3) is 0 Å². The number of benzene rings is 1. The van der Waals surface area contributed by atoms with Gasteiger partial charge in [-0.15, -0.1) is 0 Å². The fourth-order valence-corrected chi connectivity index (χ4v) is 3.18. The van der Waals surface area contributed by atoms with Gasteiger partial charge in [0.2, 0.25) is 0 Å². The molecule has 0 aliphatic carbocycles. The molecule has 1 aromatic rings. The van der Waals surface area contributed by atoms with Gasteiger partial charge in [0, 0.05) is 44.5 Å². The molecule has 3 rings (SSSR count). The average molecular weight is 245 g/mol. The Balaban J connectivity index is 1.70. The Hall–Kier alpha value is -1.06. The van der Waals surface area contributed by atoms with Crippen LogP contribution in [0.3, 0.4) is 0 Å². The van der Waals surface area contributed by atoms with Crippen LogP contribution in [-0.4, -0.2) is 50.7 Å². The number of para-hydroxylation sites is 1. The molecule has 3 heteroatoms. The lowest BCUT2D eigenvalue weighted by molar-refractivity contribution is 0.239. The summed E-state index contributed by atoms with van der Waals surface area (Å²) >= 11 is 0. The van der Waals surface area contributed by atoms with E-state index >= 15 is 0 Å². The number of hydrogen-bond donors (Lipinski definition) is 1. The molecule has 1 aromatic carbocycles. The highest BCUT2D eigenvalue weighted by molar-refractivity contribution is 5.55. The molecule has 1 atom stereocenters. The molecule has 0 saturated carbocycles. The van der Waals surface area contributed by atoms with Crippen molar-refractivity contribution < 1.29 is 0 Å². The summed E-state index contributed by atoms with van der Waals surface area (Å²) in [7, 11) is 2.22. The Kier molecular flexibility index (Phi) is 3.52. The lowest BCUT2D eigenvalue weighted by Gasteiger charge is -2.38. The number of piperazine rings is 1. The van der Waals surface area contributed by atoms with Crippen LogP contribution < -0.4 is 10.2 Å². The van der Waals surface area contributed by atoms with Gasteiger partial charge in [0.05, 0.1) is 0 Å². The van der Waals surface area contributed by atoms with Gasteiger partial charge in [-0.3, -0.25) is 0 Å². The van der Waals surface area contributed by atoms with E-state index in [1.54, 1.807) is 0 Å². The molecule has 98 valence electrons. The van der Waals surface area contributed by atoms with E-state index in [-0.39, 0.29) is 0 Å². The van der Waals surface area contributed by atoms with Crippen molar-refractivity contribution >= 4 is 5.69 Å². The second-order valence-electron chi connectivity index (χ2n) is 5.59. The molecule has 1 saturated heterocycles. The van der Waals surface area contributed by atoms with Crippen LogP contribution in [0.2, 0.25) is 0 Å². The van der Waals surface area contributed by atoms with Crippen LogP contribution in [0, 0.1) is 0 Å². The molecule has 0 spiro atoms. The Morgan fingerprint density at radius 1 is 1.28 bits per heavy atom. The fourth-order valence-electron chi connectivity index (χ4n) is 3.18. The van der Waals surface area contributed by atoms with Gasteiger partial charge in [-0.1, -0.05) is 18.2 Å². The summed E-state index contributed by atoms with van der Waals surface area (Å²) in [6, 6.07) is 9.49. The summed E-state index contributed by atoms with van der Waals surface area (Å²) in [6.07, 6.45) is 2.53. The number of hydrogen-bond acceptors (Lipinski definition) is 3. The number of nitrogens with one attached hydrogen (secondary N) is 1. The fraction of sp³-hybridized carbons (Fsp3) is 0.600. The van der Waals surface area contributed by atoms with Crippen molar-refractivity contribution in [3.05, 3.63) is 29.8 Å². The summed E-state index contributed by atoms with van der Waals surface area (Å²) in [5, 5.41) is 3.64. The van der Waals surface area contributed by atoms with E-state index in [0.29, 0.717) is 6.04 Å². The van der Waals surface area contributed by atoms with E-state index < -0.39 is 0 Å². The van der Waals surface area contributed by atoms with E-state index in [2.05, 4.69) is 46.4 Å². The van der Waals surface area contributed by atoms with Crippen LogP contribution in [0.1, 0.15) is 12.0 Å². The van der Waals surface area contributed by atoms with Crippen molar-refractivity contribution in [2.45, 2.75) is 18.9 Å². The predicted molar refractivity (Wildman–Crippen MR) is 76.3 cm³/mol. The van der Waals surface area contributed by atoms with E-state index in [1.807, 2.05) is 0 Å². The SMILES string of the molecule is CN1CCNC(CN2CCCc3ccccc32)C1. The van der Waals surface area contributed by atoms with Gasteiger partial charge in [0.15, 0.2) is 0 Å². The third-order valence-corrected chi connectivity index (χ3v) is 4.11. The van der Waals surface area contributed by atoms with Crippen molar-refractivity contribution in [2.75, 3.05) is 44.7 Å². The van der Waals surface area contributed by atoms with Crippen LogP contribution in [-0.2, 0) is 6.42 Å². The Morgan fingerprint density at radius 3 is 3.06 bits per heavy atom. The van der Waals surface area contributed by atoms with Crippen LogP contribution >= 0.6 is 0 Å². The van der Waals surface area contributed by atoms with Crippen LogP contribution in [0.5, 0.6) is 0 Å². The third kappa shape index (κ3) is 2.52. The lowest BCUT2D eigenvalue weighted by Crippen LogP contribution is -2.54. The summed E-state index contributed by atoms with van der Waals surface area (Å²) in [5.41, 5.74) is 2.98. The number of fused-ring (bicyclic) bond motifs is 1. The number of anilines is 1.